The van der Waals surface area contributed by atoms with Gasteiger partial charge in [0.15, 0.2) is 6.04 Å². The van der Waals surface area contributed by atoms with E-state index in [0.717, 1.165) is 44.9 Å². The van der Waals surface area contributed by atoms with Crippen LogP contribution in [0.2, 0.25) is 0 Å². The van der Waals surface area contributed by atoms with Crippen LogP contribution in [0.1, 0.15) is 251 Å². The molecule has 0 aromatic rings. The molecule has 0 bridgehead atoms. The Labute approximate surface area is 385 Å². The largest absolute Gasteiger partial charge is 0.480 e. The molecule has 0 saturated carbocycles. The van der Waals surface area contributed by atoms with Gasteiger partial charge in [-0.15, -0.1) is 0 Å². The minimum atomic E-state index is -4.76. The summed E-state index contributed by atoms with van der Waals surface area (Å²) in [5.41, 5.74) is 0. The number of hydrogen-bond acceptors (Lipinski definition) is 8. The molecule has 12 heteroatoms. The topological polar surface area (TPSA) is 169 Å². The van der Waals surface area contributed by atoms with E-state index in [0.29, 0.717) is 12.8 Å². The highest BCUT2D eigenvalue weighted by Crippen LogP contribution is 2.43. The number of nitrogens with one attached hydrogen (secondary N) is 1. The molecule has 0 aliphatic heterocycles. The standard InChI is InChI=1S/C51H96NO10P/c1-3-5-7-9-11-13-15-17-19-21-22-23-24-25-26-27-28-30-32-34-36-38-40-42-49(54)52-48(51(56)57)46-62-63(58,59)61-45-47(53)44-60-50(55)43-41-39-37-35-33-31-29-20-18-16-14-12-10-8-6-4-2/h11,13,17,19,47-48,53H,3-10,12,14-16,18,20-46H2,1-2H3,(H,52,54)(H,56,57)(H,58,59)/b13-11-,19-17-. The normalized spacial score (nSPS) is 13.7. The first-order valence-electron chi connectivity index (χ1n) is 25.9. The number of carboxylic acid groups (broad SMARTS) is 1. The number of allylic oxidation sites excluding steroid dienone is 4. The van der Waals surface area contributed by atoms with Crippen molar-refractivity contribution in [2.45, 2.75) is 264 Å². The van der Waals surface area contributed by atoms with Crippen LogP contribution < -0.4 is 5.32 Å². The van der Waals surface area contributed by atoms with Gasteiger partial charge in [-0.1, -0.05) is 218 Å². The molecule has 0 spiro atoms. The minimum Gasteiger partial charge on any atom is -0.480 e. The Hall–Kier alpha value is -2.04. The summed E-state index contributed by atoms with van der Waals surface area (Å²) < 4.78 is 26.9. The Bertz CT molecular complexity index is 1160. The Morgan fingerprint density at radius 3 is 1.32 bits per heavy atom. The third-order valence-corrected chi connectivity index (χ3v) is 12.4. The zero-order valence-corrected chi connectivity index (χ0v) is 41.3. The van der Waals surface area contributed by atoms with Crippen molar-refractivity contribution in [3.63, 3.8) is 0 Å². The fourth-order valence-corrected chi connectivity index (χ4v) is 8.24. The molecular weight excluding hydrogens is 818 g/mol. The Morgan fingerprint density at radius 1 is 0.508 bits per heavy atom. The number of phosphoric ester groups is 1. The van der Waals surface area contributed by atoms with Gasteiger partial charge in [0, 0.05) is 12.8 Å². The number of aliphatic carboxylic acids is 1. The van der Waals surface area contributed by atoms with Crippen LogP contribution in [0.25, 0.3) is 0 Å². The van der Waals surface area contributed by atoms with E-state index in [4.69, 9.17) is 13.8 Å². The summed E-state index contributed by atoms with van der Waals surface area (Å²) >= 11 is 0. The maximum atomic E-state index is 12.4. The van der Waals surface area contributed by atoms with Crippen molar-refractivity contribution in [1.29, 1.82) is 0 Å². The summed E-state index contributed by atoms with van der Waals surface area (Å²) in [5, 5.41) is 21.9. The summed E-state index contributed by atoms with van der Waals surface area (Å²) in [6.45, 7) is 2.61. The molecule has 3 unspecified atom stereocenters. The molecule has 0 heterocycles. The summed E-state index contributed by atoms with van der Waals surface area (Å²) in [5.74, 6) is -2.36. The van der Waals surface area contributed by atoms with Crippen molar-refractivity contribution in [3.05, 3.63) is 24.3 Å². The van der Waals surface area contributed by atoms with Gasteiger partial charge in [0.05, 0.1) is 13.2 Å². The third kappa shape index (κ3) is 46.3. The van der Waals surface area contributed by atoms with Gasteiger partial charge in [0.1, 0.15) is 12.7 Å². The number of amides is 1. The van der Waals surface area contributed by atoms with Crippen molar-refractivity contribution < 1.29 is 47.8 Å². The number of aliphatic hydroxyl groups excluding tert-OH is 1. The molecule has 370 valence electrons. The zero-order chi connectivity index (χ0) is 46.3. The molecule has 3 atom stereocenters. The van der Waals surface area contributed by atoms with Gasteiger partial charge in [0.25, 0.3) is 0 Å². The number of ether oxygens (including phenoxy) is 1. The van der Waals surface area contributed by atoms with E-state index in [1.54, 1.807) is 0 Å². The number of esters is 1. The van der Waals surface area contributed by atoms with Gasteiger partial charge in [-0.05, 0) is 44.9 Å². The van der Waals surface area contributed by atoms with Crippen molar-refractivity contribution in [2.75, 3.05) is 19.8 Å². The van der Waals surface area contributed by atoms with E-state index < -0.39 is 57.6 Å². The number of aliphatic hydroxyl groups is 1. The highest BCUT2D eigenvalue weighted by molar-refractivity contribution is 7.47. The molecule has 4 N–H and O–H groups in total. The molecular formula is C51H96NO10P. The smallest absolute Gasteiger partial charge is 0.472 e. The van der Waals surface area contributed by atoms with Gasteiger partial charge >= 0.3 is 19.8 Å². The summed E-state index contributed by atoms with van der Waals surface area (Å²) in [4.78, 5) is 46.1. The molecule has 0 rings (SSSR count). The van der Waals surface area contributed by atoms with Crippen LogP contribution in [-0.4, -0.2) is 64.9 Å². The molecule has 0 aromatic heterocycles. The number of carbonyl (C=O) groups excluding carboxylic acids is 2. The van der Waals surface area contributed by atoms with Crippen LogP contribution in [0.15, 0.2) is 24.3 Å². The quantitative estimate of drug-likeness (QED) is 0.0199. The summed E-state index contributed by atoms with van der Waals surface area (Å²) in [6, 6.07) is -1.54. The maximum Gasteiger partial charge on any atom is 0.472 e. The van der Waals surface area contributed by atoms with Gasteiger partial charge in [0.2, 0.25) is 5.91 Å². The number of carbonyl (C=O) groups is 3. The first-order valence-corrected chi connectivity index (χ1v) is 27.4. The summed E-state index contributed by atoms with van der Waals surface area (Å²) in [7, 11) is -4.76. The second kappa shape index (κ2) is 46.5. The van der Waals surface area contributed by atoms with Crippen molar-refractivity contribution in [2.24, 2.45) is 0 Å². The average Bonchev–Trinajstić information content (AvgIpc) is 3.26. The molecule has 0 aliphatic carbocycles. The highest BCUT2D eigenvalue weighted by atomic mass is 31.2. The molecule has 11 nitrogen and oxygen atoms in total. The second-order valence-corrected chi connectivity index (χ2v) is 19.2. The predicted molar refractivity (Wildman–Crippen MR) is 259 cm³/mol. The van der Waals surface area contributed by atoms with Gasteiger partial charge < -0.3 is 25.2 Å². The molecule has 0 radical (unpaired) electrons. The average molecular weight is 914 g/mol. The lowest BCUT2D eigenvalue weighted by Crippen LogP contribution is -2.43. The predicted octanol–water partition coefficient (Wildman–Crippen LogP) is 14.2. The molecule has 0 saturated heterocycles. The van der Waals surface area contributed by atoms with E-state index in [9.17, 15) is 34.1 Å². The Kier molecular flexibility index (Phi) is 45.0. The van der Waals surface area contributed by atoms with E-state index >= 15 is 0 Å². The highest BCUT2D eigenvalue weighted by Gasteiger charge is 2.28. The van der Waals surface area contributed by atoms with E-state index in [-0.39, 0.29) is 12.8 Å². The van der Waals surface area contributed by atoms with E-state index in [2.05, 4.69) is 43.5 Å². The third-order valence-electron chi connectivity index (χ3n) is 11.5. The molecule has 63 heavy (non-hydrogen) atoms. The van der Waals surface area contributed by atoms with Gasteiger partial charge in [-0.3, -0.25) is 18.6 Å². The van der Waals surface area contributed by atoms with Gasteiger partial charge in [-0.25, -0.2) is 9.36 Å². The van der Waals surface area contributed by atoms with Crippen LogP contribution in [-0.2, 0) is 32.7 Å². The minimum absolute atomic E-state index is 0.147. The zero-order valence-electron chi connectivity index (χ0n) is 40.4. The maximum absolute atomic E-state index is 12.4. The lowest BCUT2D eigenvalue weighted by atomic mass is 10.0. The van der Waals surface area contributed by atoms with Crippen LogP contribution in [0.4, 0.5) is 0 Å². The number of phosphoric acid groups is 1. The summed E-state index contributed by atoms with van der Waals surface area (Å²) in [6.07, 6.45) is 50.5. The monoisotopic (exact) mass is 914 g/mol. The fourth-order valence-electron chi connectivity index (χ4n) is 7.47. The fraction of sp³-hybridized carbons (Fsp3) is 0.863. The van der Waals surface area contributed by atoms with Crippen LogP contribution in [0.3, 0.4) is 0 Å². The van der Waals surface area contributed by atoms with Crippen LogP contribution in [0.5, 0.6) is 0 Å². The van der Waals surface area contributed by atoms with Crippen LogP contribution >= 0.6 is 7.82 Å². The van der Waals surface area contributed by atoms with Gasteiger partial charge in [-0.2, -0.15) is 0 Å². The van der Waals surface area contributed by atoms with Crippen molar-refractivity contribution in [1.82, 2.24) is 5.32 Å². The second-order valence-electron chi connectivity index (χ2n) is 17.7. The lowest BCUT2D eigenvalue weighted by Gasteiger charge is -2.18. The Balaban J connectivity index is 3.80. The first-order chi connectivity index (χ1) is 30.6. The molecule has 0 aliphatic rings. The van der Waals surface area contributed by atoms with Crippen molar-refractivity contribution >= 4 is 25.7 Å². The first kappa shape index (κ1) is 61.0. The number of hydrogen-bond donors (Lipinski definition) is 4. The SMILES string of the molecule is CCCCC/C=C\C/C=C\CCCCCCCCCCCCCCCC(=O)NC(COP(=O)(O)OCC(O)COC(=O)CCCCCCCCCCCCCCCCCC)C(=O)O. The molecule has 0 fully saturated rings. The Morgan fingerprint density at radius 2 is 0.873 bits per heavy atom. The molecule has 0 aromatic carbocycles. The van der Waals surface area contributed by atoms with E-state index in [1.807, 2.05) is 0 Å². The van der Waals surface area contributed by atoms with Crippen LogP contribution in [0, 0.1) is 0 Å². The van der Waals surface area contributed by atoms with E-state index in [1.165, 1.54) is 167 Å². The number of unbranched alkanes of at least 4 members (excludes halogenated alkanes) is 31. The molecule has 1 amide bonds. The van der Waals surface area contributed by atoms with Crippen molar-refractivity contribution in [3.8, 4) is 0 Å². The lowest BCUT2D eigenvalue weighted by molar-refractivity contribution is -0.147. The number of carboxylic acids is 1. The number of rotatable bonds is 49.